The largest absolute Gasteiger partial charge is 0.481 e. The predicted molar refractivity (Wildman–Crippen MR) is 73.4 cm³/mol. The summed E-state index contributed by atoms with van der Waals surface area (Å²) in [6, 6.07) is 4.10. The summed E-state index contributed by atoms with van der Waals surface area (Å²) in [6.45, 7) is 4.14. The van der Waals surface area contributed by atoms with Crippen molar-refractivity contribution in [1.82, 2.24) is 0 Å². The van der Waals surface area contributed by atoms with E-state index in [9.17, 15) is 9.90 Å². The number of hydrogen-bond acceptors (Lipinski definition) is 2. The van der Waals surface area contributed by atoms with Crippen molar-refractivity contribution in [2.75, 3.05) is 19.0 Å². The van der Waals surface area contributed by atoms with Gasteiger partial charge in [-0.15, -0.1) is 0 Å². The van der Waals surface area contributed by atoms with Crippen LogP contribution in [0.5, 0.6) is 0 Å². The number of hydrogen-bond donors (Lipinski definition) is 1. The van der Waals surface area contributed by atoms with Crippen molar-refractivity contribution in [3.05, 3.63) is 28.8 Å². The van der Waals surface area contributed by atoms with E-state index in [2.05, 4.69) is 30.9 Å². The molecule has 2 rings (SSSR count). The number of rotatable bonds is 3. The SMILES string of the molecule is Cc1cc(C2(C(=O)O)CCC2)cc(N(C)C)c1C. The van der Waals surface area contributed by atoms with Crippen LogP contribution < -0.4 is 4.90 Å². The van der Waals surface area contributed by atoms with E-state index in [0.717, 1.165) is 30.5 Å². The molecule has 1 aromatic carbocycles. The molecule has 98 valence electrons. The Morgan fingerprint density at radius 1 is 1.28 bits per heavy atom. The quantitative estimate of drug-likeness (QED) is 0.893. The van der Waals surface area contributed by atoms with Crippen LogP contribution >= 0.6 is 0 Å². The van der Waals surface area contributed by atoms with Gasteiger partial charge in [-0.25, -0.2) is 0 Å². The summed E-state index contributed by atoms with van der Waals surface area (Å²) in [4.78, 5) is 13.6. The summed E-state index contributed by atoms with van der Waals surface area (Å²) in [5.41, 5.74) is 3.85. The second-order valence-corrected chi connectivity index (χ2v) is 5.57. The molecule has 0 aliphatic heterocycles. The van der Waals surface area contributed by atoms with Crippen LogP contribution in [-0.4, -0.2) is 25.2 Å². The normalized spacial score (nSPS) is 17.1. The summed E-state index contributed by atoms with van der Waals surface area (Å²) in [5, 5.41) is 9.51. The first-order chi connectivity index (χ1) is 8.38. The van der Waals surface area contributed by atoms with E-state index >= 15 is 0 Å². The lowest BCUT2D eigenvalue weighted by Gasteiger charge is -2.39. The van der Waals surface area contributed by atoms with Gasteiger partial charge >= 0.3 is 5.97 Å². The monoisotopic (exact) mass is 247 g/mol. The topological polar surface area (TPSA) is 40.5 Å². The molecule has 1 aliphatic rings. The van der Waals surface area contributed by atoms with Gasteiger partial charge in [-0.3, -0.25) is 4.79 Å². The molecule has 1 fully saturated rings. The average Bonchev–Trinajstić information content (AvgIpc) is 2.20. The fourth-order valence-electron chi connectivity index (χ4n) is 2.74. The standard InChI is InChI=1S/C15H21NO2/c1-10-8-12(9-13(11(10)2)16(3)4)15(14(17)18)6-5-7-15/h8-9H,5-7H2,1-4H3,(H,17,18). The van der Waals surface area contributed by atoms with Crippen molar-refractivity contribution in [2.24, 2.45) is 0 Å². The van der Waals surface area contributed by atoms with Crippen molar-refractivity contribution >= 4 is 11.7 Å². The van der Waals surface area contributed by atoms with Crippen LogP contribution in [0.15, 0.2) is 12.1 Å². The molecular formula is C15H21NO2. The van der Waals surface area contributed by atoms with Gasteiger partial charge in [0.1, 0.15) is 0 Å². The number of carboxylic acids is 1. The van der Waals surface area contributed by atoms with Crippen molar-refractivity contribution in [3.8, 4) is 0 Å². The number of benzene rings is 1. The number of aliphatic carboxylic acids is 1. The molecule has 3 nitrogen and oxygen atoms in total. The molecule has 3 heteroatoms. The summed E-state index contributed by atoms with van der Waals surface area (Å²) in [6.07, 6.45) is 2.53. The van der Waals surface area contributed by atoms with E-state index in [1.54, 1.807) is 0 Å². The third kappa shape index (κ3) is 1.78. The number of carboxylic acid groups (broad SMARTS) is 1. The van der Waals surface area contributed by atoms with E-state index < -0.39 is 11.4 Å². The lowest BCUT2D eigenvalue weighted by molar-refractivity contribution is -0.147. The van der Waals surface area contributed by atoms with Gasteiger partial charge in [0.05, 0.1) is 5.41 Å². The minimum absolute atomic E-state index is 0.636. The zero-order valence-electron chi connectivity index (χ0n) is 11.6. The second kappa shape index (κ2) is 4.30. The van der Waals surface area contributed by atoms with Gasteiger partial charge in [0.15, 0.2) is 0 Å². The Labute approximate surface area is 108 Å². The van der Waals surface area contributed by atoms with Crippen molar-refractivity contribution in [2.45, 2.75) is 38.5 Å². The average molecular weight is 247 g/mol. The minimum Gasteiger partial charge on any atom is -0.481 e. The zero-order chi connectivity index (χ0) is 13.5. The van der Waals surface area contributed by atoms with E-state index in [1.807, 2.05) is 14.1 Å². The number of anilines is 1. The molecule has 0 spiro atoms. The molecule has 1 aliphatic carbocycles. The van der Waals surface area contributed by atoms with E-state index in [1.165, 1.54) is 11.1 Å². The highest BCUT2D eigenvalue weighted by atomic mass is 16.4. The maximum absolute atomic E-state index is 11.6. The van der Waals surface area contributed by atoms with Gasteiger partial charge in [-0.2, -0.15) is 0 Å². The van der Waals surface area contributed by atoms with Gasteiger partial charge in [-0.1, -0.05) is 12.5 Å². The van der Waals surface area contributed by atoms with Crippen molar-refractivity contribution in [1.29, 1.82) is 0 Å². The van der Waals surface area contributed by atoms with Crippen LogP contribution in [0.3, 0.4) is 0 Å². The van der Waals surface area contributed by atoms with Gasteiger partial charge in [0, 0.05) is 19.8 Å². The smallest absolute Gasteiger partial charge is 0.314 e. The van der Waals surface area contributed by atoms with Crippen molar-refractivity contribution < 1.29 is 9.90 Å². The summed E-state index contributed by atoms with van der Waals surface area (Å²) < 4.78 is 0. The Morgan fingerprint density at radius 3 is 2.28 bits per heavy atom. The second-order valence-electron chi connectivity index (χ2n) is 5.57. The third-order valence-corrected chi connectivity index (χ3v) is 4.29. The Kier molecular flexibility index (Phi) is 3.09. The Bertz CT molecular complexity index is 488. The fourth-order valence-corrected chi connectivity index (χ4v) is 2.74. The zero-order valence-corrected chi connectivity index (χ0v) is 11.6. The Balaban J connectivity index is 2.55. The molecule has 0 saturated heterocycles. The van der Waals surface area contributed by atoms with Crippen molar-refractivity contribution in [3.63, 3.8) is 0 Å². The van der Waals surface area contributed by atoms with Gasteiger partial charge in [0.25, 0.3) is 0 Å². The summed E-state index contributed by atoms with van der Waals surface area (Å²) in [7, 11) is 4.00. The molecule has 0 bridgehead atoms. The molecule has 18 heavy (non-hydrogen) atoms. The lowest BCUT2D eigenvalue weighted by atomic mass is 9.64. The van der Waals surface area contributed by atoms with Crippen LogP contribution in [0.1, 0.15) is 36.0 Å². The molecule has 0 radical (unpaired) electrons. The van der Waals surface area contributed by atoms with Gasteiger partial charge in [0.2, 0.25) is 0 Å². The molecule has 0 unspecified atom stereocenters. The predicted octanol–water partition coefficient (Wildman–Crippen LogP) is 2.88. The molecule has 0 heterocycles. The van der Waals surface area contributed by atoms with Crippen LogP contribution in [0.4, 0.5) is 5.69 Å². The Morgan fingerprint density at radius 2 is 1.89 bits per heavy atom. The summed E-state index contributed by atoms with van der Waals surface area (Å²) in [5.74, 6) is -0.679. The van der Waals surface area contributed by atoms with E-state index in [0.29, 0.717) is 0 Å². The Hall–Kier alpha value is -1.51. The van der Waals surface area contributed by atoms with Gasteiger partial charge in [-0.05, 0) is 49.4 Å². The highest BCUT2D eigenvalue weighted by Gasteiger charge is 2.46. The van der Waals surface area contributed by atoms with Crippen LogP contribution in [0.25, 0.3) is 0 Å². The molecular weight excluding hydrogens is 226 g/mol. The lowest BCUT2D eigenvalue weighted by Crippen LogP contribution is -2.42. The maximum atomic E-state index is 11.6. The molecule has 0 amide bonds. The summed E-state index contributed by atoms with van der Waals surface area (Å²) >= 11 is 0. The molecule has 1 aromatic rings. The van der Waals surface area contributed by atoms with E-state index in [-0.39, 0.29) is 0 Å². The molecule has 0 atom stereocenters. The first-order valence-corrected chi connectivity index (χ1v) is 6.41. The minimum atomic E-state index is -0.679. The maximum Gasteiger partial charge on any atom is 0.314 e. The number of nitrogens with zero attached hydrogens (tertiary/aromatic N) is 1. The fraction of sp³-hybridized carbons (Fsp3) is 0.533. The highest BCUT2D eigenvalue weighted by molar-refractivity contribution is 5.83. The molecule has 1 saturated carbocycles. The first kappa shape index (κ1) is 12.9. The third-order valence-electron chi connectivity index (χ3n) is 4.29. The van der Waals surface area contributed by atoms with Gasteiger partial charge < -0.3 is 10.0 Å². The van der Waals surface area contributed by atoms with Crippen LogP contribution in [0, 0.1) is 13.8 Å². The number of aryl methyl sites for hydroxylation is 1. The molecule has 1 N–H and O–H groups in total. The first-order valence-electron chi connectivity index (χ1n) is 6.41. The number of carbonyl (C=O) groups is 1. The van der Waals surface area contributed by atoms with Crippen LogP contribution in [0.2, 0.25) is 0 Å². The van der Waals surface area contributed by atoms with Crippen LogP contribution in [-0.2, 0) is 10.2 Å². The highest BCUT2D eigenvalue weighted by Crippen LogP contribution is 2.45. The van der Waals surface area contributed by atoms with E-state index in [4.69, 9.17) is 0 Å². The molecule has 0 aromatic heterocycles.